The van der Waals surface area contributed by atoms with Crippen molar-refractivity contribution in [3.8, 4) is 11.5 Å². The molecule has 0 unspecified atom stereocenters. The minimum Gasteiger partial charge on any atom is -0.508 e. The summed E-state index contributed by atoms with van der Waals surface area (Å²) in [5, 5.41) is 30.7. The van der Waals surface area contributed by atoms with Gasteiger partial charge in [0.2, 0.25) is 0 Å². The van der Waals surface area contributed by atoms with E-state index in [0.717, 1.165) is 44.3 Å². The zero-order valence-electron chi connectivity index (χ0n) is 19.9. The van der Waals surface area contributed by atoms with Crippen LogP contribution >= 0.6 is 0 Å². The molecule has 2 aromatic rings. The van der Waals surface area contributed by atoms with E-state index in [4.69, 9.17) is 14.6 Å². The number of carboxylic acid groups (broad SMARTS) is 1. The Labute approximate surface area is 205 Å². The topological polar surface area (TPSA) is 99.5 Å². The number of anilines is 1. The van der Waals surface area contributed by atoms with E-state index in [1.54, 1.807) is 12.1 Å². The van der Waals surface area contributed by atoms with Crippen LogP contribution in [0.3, 0.4) is 0 Å². The number of carboxylic acids is 1. The van der Waals surface area contributed by atoms with Crippen molar-refractivity contribution in [2.75, 3.05) is 24.6 Å². The lowest BCUT2D eigenvalue weighted by Crippen LogP contribution is -2.35. The number of aromatic hydroxyl groups is 2. The standard InChI is InChI=1S/C28H33NO6/c30-23-12-5-4-10-20(23)27-19(8-2-1-3-13-24(31)32)17-34-28(35-27)22-16-18-9-6-14-29-15-7-11-21(25(18)29)26(22)33/h1-2,4-5,10,12,16,19,27-28,30,33H,3,6-9,11,13-15,17H2,(H,31,32)/b2-1-/t19-,27+,28+/m1/s1. The van der Waals surface area contributed by atoms with Crippen molar-refractivity contribution in [1.82, 2.24) is 0 Å². The van der Waals surface area contributed by atoms with Crippen LogP contribution in [-0.2, 0) is 27.1 Å². The van der Waals surface area contributed by atoms with E-state index >= 15 is 0 Å². The summed E-state index contributed by atoms with van der Waals surface area (Å²) < 4.78 is 12.7. The molecule has 7 heteroatoms. The second-order valence-electron chi connectivity index (χ2n) is 9.68. The highest BCUT2D eigenvalue weighted by Gasteiger charge is 2.37. The number of hydrogen-bond donors (Lipinski definition) is 3. The number of ether oxygens (including phenoxy) is 2. The smallest absolute Gasteiger partial charge is 0.303 e. The summed E-state index contributed by atoms with van der Waals surface area (Å²) in [6.07, 6.45) is 7.80. The van der Waals surface area contributed by atoms with Gasteiger partial charge in [-0.3, -0.25) is 4.79 Å². The van der Waals surface area contributed by atoms with Crippen molar-refractivity contribution in [2.45, 2.75) is 57.3 Å². The first-order chi connectivity index (χ1) is 17.0. The zero-order chi connectivity index (χ0) is 24.4. The Kier molecular flexibility index (Phi) is 6.97. The molecule has 3 N–H and O–H groups in total. The van der Waals surface area contributed by atoms with E-state index in [1.165, 1.54) is 11.3 Å². The molecule has 3 heterocycles. The van der Waals surface area contributed by atoms with Crippen LogP contribution < -0.4 is 4.90 Å². The first kappa shape index (κ1) is 23.7. The van der Waals surface area contributed by atoms with Gasteiger partial charge in [-0.15, -0.1) is 0 Å². The molecule has 0 spiro atoms. The summed E-state index contributed by atoms with van der Waals surface area (Å²) >= 11 is 0. The highest BCUT2D eigenvalue weighted by atomic mass is 16.7. The van der Waals surface area contributed by atoms with Crippen molar-refractivity contribution in [3.05, 3.63) is 64.7 Å². The highest BCUT2D eigenvalue weighted by molar-refractivity contribution is 5.69. The second kappa shape index (κ2) is 10.3. The second-order valence-corrected chi connectivity index (χ2v) is 9.68. The monoisotopic (exact) mass is 479 g/mol. The molecule has 3 aliphatic heterocycles. The van der Waals surface area contributed by atoms with Gasteiger partial charge in [0, 0.05) is 42.2 Å². The van der Waals surface area contributed by atoms with E-state index in [2.05, 4.69) is 4.90 Å². The SMILES string of the molecule is O=C(O)CC/C=C\C[C@@H]1CO[C@H](c2cc3c4c(c2O)CCCN4CCC3)O[C@@H]1c1ccccc1O. The van der Waals surface area contributed by atoms with Gasteiger partial charge in [-0.25, -0.2) is 0 Å². The van der Waals surface area contributed by atoms with Crippen LogP contribution in [0.5, 0.6) is 11.5 Å². The number of phenolic OH excluding ortho intramolecular Hbond substituents is 2. The summed E-state index contributed by atoms with van der Waals surface area (Å²) in [7, 11) is 0. The molecule has 0 amide bonds. The van der Waals surface area contributed by atoms with Crippen molar-refractivity contribution in [3.63, 3.8) is 0 Å². The molecule has 2 aromatic carbocycles. The normalized spacial score (nSPS) is 23.9. The summed E-state index contributed by atoms with van der Waals surface area (Å²) in [5.41, 5.74) is 4.79. The minimum absolute atomic E-state index is 0.0609. The number of benzene rings is 2. The Bertz CT molecular complexity index is 1110. The molecule has 0 saturated carbocycles. The van der Waals surface area contributed by atoms with Crippen LogP contribution in [-0.4, -0.2) is 41.0 Å². The number of allylic oxidation sites excluding steroid dienone is 2. The lowest BCUT2D eigenvalue weighted by molar-refractivity contribution is -0.244. The van der Waals surface area contributed by atoms with Crippen LogP contribution in [0.4, 0.5) is 5.69 Å². The van der Waals surface area contributed by atoms with E-state index in [1.807, 2.05) is 30.4 Å². The maximum Gasteiger partial charge on any atom is 0.303 e. The molecule has 186 valence electrons. The van der Waals surface area contributed by atoms with Crippen LogP contribution in [0.2, 0.25) is 0 Å². The predicted octanol–water partition coefficient (Wildman–Crippen LogP) is 5.01. The third-order valence-electron chi connectivity index (χ3n) is 7.31. The Balaban J connectivity index is 1.42. The van der Waals surface area contributed by atoms with Crippen LogP contribution in [0.15, 0.2) is 42.5 Å². The summed E-state index contributed by atoms with van der Waals surface area (Å²) in [5.74, 6) is -0.447. The summed E-state index contributed by atoms with van der Waals surface area (Å²) in [6, 6.07) is 9.21. The Hall–Kier alpha value is -3.03. The number of hydrogen-bond acceptors (Lipinski definition) is 6. The predicted molar refractivity (Wildman–Crippen MR) is 132 cm³/mol. The molecule has 3 aliphatic rings. The maximum absolute atomic E-state index is 11.3. The largest absolute Gasteiger partial charge is 0.508 e. The number of phenols is 2. The van der Waals surface area contributed by atoms with Gasteiger partial charge < -0.3 is 29.7 Å². The van der Waals surface area contributed by atoms with Gasteiger partial charge in [-0.1, -0.05) is 30.4 Å². The van der Waals surface area contributed by atoms with Crippen LogP contribution in [0.25, 0.3) is 0 Å². The van der Waals surface area contributed by atoms with Gasteiger partial charge in [-0.2, -0.15) is 0 Å². The fraction of sp³-hybridized carbons (Fsp3) is 0.464. The number of para-hydroxylation sites is 1. The molecular weight excluding hydrogens is 446 g/mol. The average molecular weight is 480 g/mol. The molecule has 0 aromatic heterocycles. The average Bonchev–Trinajstić information content (AvgIpc) is 2.86. The molecule has 0 radical (unpaired) electrons. The van der Waals surface area contributed by atoms with Gasteiger partial charge in [0.25, 0.3) is 0 Å². The van der Waals surface area contributed by atoms with Gasteiger partial charge in [-0.05, 0) is 56.2 Å². The van der Waals surface area contributed by atoms with Gasteiger partial charge >= 0.3 is 5.97 Å². The first-order valence-corrected chi connectivity index (χ1v) is 12.6. The maximum atomic E-state index is 11.3. The van der Waals surface area contributed by atoms with Gasteiger partial charge in [0.05, 0.1) is 18.3 Å². The molecule has 1 fully saturated rings. The molecule has 35 heavy (non-hydrogen) atoms. The van der Waals surface area contributed by atoms with Crippen molar-refractivity contribution in [2.24, 2.45) is 5.92 Å². The van der Waals surface area contributed by atoms with Crippen molar-refractivity contribution >= 4 is 11.7 Å². The first-order valence-electron chi connectivity index (χ1n) is 12.6. The summed E-state index contributed by atoms with van der Waals surface area (Å²) in [4.78, 5) is 13.2. The highest BCUT2D eigenvalue weighted by Crippen LogP contribution is 2.48. The van der Waals surface area contributed by atoms with Crippen LogP contribution in [0.1, 0.15) is 66.8 Å². The molecule has 0 aliphatic carbocycles. The van der Waals surface area contributed by atoms with Gasteiger partial charge in [0.15, 0.2) is 6.29 Å². The molecule has 5 rings (SSSR count). The Morgan fingerprint density at radius 3 is 2.69 bits per heavy atom. The van der Waals surface area contributed by atoms with Crippen molar-refractivity contribution < 1.29 is 29.6 Å². The third-order valence-corrected chi connectivity index (χ3v) is 7.31. The number of nitrogens with zero attached hydrogens (tertiary/aromatic N) is 1. The van der Waals surface area contributed by atoms with E-state index in [-0.39, 0.29) is 23.8 Å². The van der Waals surface area contributed by atoms with E-state index in [0.29, 0.717) is 30.6 Å². The Morgan fingerprint density at radius 2 is 1.89 bits per heavy atom. The number of aryl methyl sites for hydroxylation is 1. The van der Waals surface area contributed by atoms with E-state index in [9.17, 15) is 15.0 Å². The molecular formula is C28H33NO6. The number of aliphatic carboxylic acids is 1. The minimum atomic E-state index is -0.819. The molecule has 7 nitrogen and oxygen atoms in total. The zero-order valence-corrected chi connectivity index (χ0v) is 19.9. The van der Waals surface area contributed by atoms with E-state index < -0.39 is 18.4 Å². The lowest BCUT2D eigenvalue weighted by atomic mass is 9.88. The summed E-state index contributed by atoms with van der Waals surface area (Å²) in [6.45, 7) is 2.46. The quantitative estimate of drug-likeness (QED) is 0.480. The number of carbonyl (C=O) groups is 1. The molecule has 3 atom stereocenters. The fourth-order valence-electron chi connectivity index (χ4n) is 5.64. The number of rotatable bonds is 7. The van der Waals surface area contributed by atoms with Gasteiger partial charge in [0.1, 0.15) is 11.5 Å². The fourth-order valence-corrected chi connectivity index (χ4v) is 5.64. The molecule has 0 bridgehead atoms. The van der Waals surface area contributed by atoms with Crippen LogP contribution in [0, 0.1) is 5.92 Å². The van der Waals surface area contributed by atoms with Crippen molar-refractivity contribution in [1.29, 1.82) is 0 Å². The Morgan fingerprint density at radius 1 is 1.09 bits per heavy atom. The molecule has 1 saturated heterocycles. The third kappa shape index (κ3) is 4.88. The lowest BCUT2D eigenvalue weighted by Gasteiger charge is -2.40.